The smallest absolute Gasteiger partial charge is 0.185 e. The molecule has 2 nitrogen and oxygen atoms in total. The second kappa shape index (κ2) is 4.91. The summed E-state index contributed by atoms with van der Waals surface area (Å²) >= 11 is 0. The van der Waals surface area contributed by atoms with Crippen molar-refractivity contribution in [2.45, 2.75) is 44.3 Å². The lowest BCUT2D eigenvalue weighted by molar-refractivity contribution is 0.257. The standard InChI is InChI=1S/C14H16F4N2/c1-7-4-8(6-20(7)9-2-3-9)19-14-12(17)10(15)5-11(16)13(14)18/h5,7-9,19H,2-4,6H2,1H3. The minimum atomic E-state index is -1.38. The molecular formula is C14H16F4N2. The topological polar surface area (TPSA) is 15.3 Å². The molecule has 6 heteroatoms. The molecule has 1 aromatic rings. The van der Waals surface area contributed by atoms with Crippen molar-refractivity contribution < 1.29 is 17.6 Å². The van der Waals surface area contributed by atoms with Gasteiger partial charge in [-0.05, 0) is 26.2 Å². The lowest BCUT2D eigenvalue weighted by Gasteiger charge is -2.20. The fourth-order valence-electron chi connectivity index (χ4n) is 2.98. The summed E-state index contributed by atoms with van der Waals surface area (Å²) in [5, 5.41) is 2.63. The Hall–Kier alpha value is -1.30. The van der Waals surface area contributed by atoms with Crippen LogP contribution in [0.4, 0.5) is 23.2 Å². The second-order valence-corrected chi connectivity index (χ2v) is 5.70. The van der Waals surface area contributed by atoms with Gasteiger partial charge in [-0.25, -0.2) is 17.6 Å². The molecule has 0 bridgehead atoms. The minimum absolute atomic E-state index is 0.198. The van der Waals surface area contributed by atoms with E-state index in [2.05, 4.69) is 17.1 Å². The summed E-state index contributed by atoms with van der Waals surface area (Å²) in [6.07, 6.45) is 3.00. The van der Waals surface area contributed by atoms with Crippen molar-refractivity contribution >= 4 is 5.69 Å². The van der Waals surface area contributed by atoms with Crippen LogP contribution in [0, 0.1) is 23.3 Å². The van der Waals surface area contributed by atoms with Gasteiger partial charge in [-0.2, -0.15) is 0 Å². The van der Waals surface area contributed by atoms with Crippen LogP contribution in [-0.4, -0.2) is 29.6 Å². The first kappa shape index (κ1) is 13.7. The maximum absolute atomic E-state index is 13.6. The summed E-state index contributed by atoms with van der Waals surface area (Å²) in [4.78, 5) is 2.28. The Morgan fingerprint density at radius 1 is 1.10 bits per heavy atom. The molecule has 1 aromatic carbocycles. The quantitative estimate of drug-likeness (QED) is 0.678. The zero-order chi connectivity index (χ0) is 14.4. The maximum atomic E-state index is 13.6. The van der Waals surface area contributed by atoms with Gasteiger partial charge < -0.3 is 5.32 Å². The van der Waals surface area contributed by atoms with Gasteiger partial charge in [-0.3, -0.25) is 4.90 Å². The number of anilines is 1. The molecule has 1 aliphatic carbocycles. The number of hydrogen-bond donors (Lipinski definition) is 1. The predicted molar refractivity (Wildman–Crippen MR) is 67.5 cm³/mol. The average molecular weight is 288 g/mol. The first-order valence-corrected chi connectivity index (χ1v) is 6.82. The van der Waals surface area contributed by atoms with Gasteiger partial charge in [0.1, 0.15) is 5.69 Å². The van der Waals surface area contributed by atoms with Gasteiger partial charge >= 0.3 is 0 Å². The molecule has 0 amide bonds. The molecule has 1 N–H and O–H groups in total. The highest BCUT2D eigenvalue weighted by Crippen LogP contribution is 2.35. The fourth-order valence-corrected chi connectivity index (χ4v) is 2.98. The zero-order valence-electron chi connectivity index (χ0n) is 11.1. The van der Waals surface area contributed by atoms with E-state index in [4.69, 9.17) is 0 Å². The molecule has 1 aliphatic heterocycles. The molecule has 110 valence electrons. The summed E-state index contributed by atoms with van der Waals surface area (Å²) in [7, 11) is 0. The number of halogens is 4. The molecule has 2 fully saturated rings. The Balaban J connectivity index is 1.78. The molecule has 0 aromatic heterocycles. The first-order valence-electron chi connectivity index (χ1n) is 6.82. The highest BCUT2D eigenvalue weighted by atomic mass is 19.2. The molecule has 20 heavy (non-hydrogen) atoms. The Morgan fingerprint density at radius 3 is 2.25 bits per heavy atom. The van der Waals surface area contributed by atoms with E-state index in [-0.39, 0.29) is 12.1 Å². The molecule has 0 spiro atoms. The normalized spacial score (nSPS) is 27.1. The average Bonchev–Trinajstić information content (AvgIpc) is 3.17. The third kappa shape index (κ3) is 2.37. The van der Waals surface area contributed by atoms with E-state index in [1.807, 2.05) is 0 Å². The van der Waals surface area contributed by atoms with Crippen molar-refractivity contribution in [3.8, 4) is 0 Å². The number of hydrogen-bond acceptors (Lipinski definition) is 2. The van der Waals surface area contributed by atoms with Crippen LogP contribution in [-0.2, 0) is 0 Å². The van der Waals surface area contributed by atoms with Crippen LogP contribution in [0.2, 0.25) is 0 Å². The van der Waals surface area contributed by atoms with Gasteiger partial charge in [0.15, 0.2) is 23.3 Å². The maximum Gasteiger partial charge on any atom is 0.185 e. The SMILES string of the molecule is CC1CC(Nc2c(F)c(F)cc(F)c2F)CN1C1CC1. The van der Waals surface area contributed by atoms with Gasteiger partial charge in [0, 0.05) is 30.7 Å². The molecule has 1 saturated carbocycles. The number of rotatable bonds is 3. The first-order chi connectivity index (χ1) is 9.47. The van der Waals surface area contributed by atoms with E-state index in [9.17, 15) is 17.6 Å². The van der Waals surface area contributed by atoms with Crippen molar-refractivity contribution in [1.29, 1.82) is 0 Å². The molecular weight excluding hydrogens is 272 g/mol. The van der Waals surface area contributed by atoms with E-state index in [1.165, 1.54) is 0 Å². The van der Waals surface area contributed by atoms with Crippen LogP contribution in [0.1, 0.15) is 26.2 Å². The Bertz CT molecular complexity index is 504. The number of benzene rings is 1. The summed E-state index contributed by atoms with van der Waals surface area (Å²) in [5.74, 6) is -5.48. The van der Waals surface area contributed by atoms with Crippen LogP contribution in [0.5, 0.6) is 0 Å². The monoisotopic (exact) mass is 288 g/mol. The van der Waals surface area contributed by atoms with Crippen LogP contribution < -0.4 is 5.32 Å². The predicted octanol–water partition coefficient (Wildman–Crippen LogP) is 3.28. The van der Waals surface area contributed by atoms with Gasteiger partial charge in [-0.1, -0.05) is 0 Å². The molecule has 0 radical (unpaired) electrons. The van der Waals surface area contributed by atoms with Crippen molar-refractivity contribution in [2.24, 2.45) is 0 Å². The number of likely N-dealkylation sites (tertiary alicyclic amines) is 1. The lowest BCUT2D eigenvalue weighted by atomic mass is 10.1. The molecule has 1 saturated heterocycles. The highest BCUT2D eigenvalue weighted by molar-refractivity contribution is 5.48. The van der Waals surface area contributed by atoms with E-state index in [0.29, 0.717) is 25.0 Å². The van der Waals surface area contributed by atoms with E-state index < -0.39 is 29.0 Å². The van der Waals surface area contributed by atoms with Crippen LogP contribution >= 0.6 is 0 Å². The summed E-state index contributed by atoms with van der Waals surface area (Å²) in [6.45, 7) is 2.70. The van der Waals surface area contributed by atoms with Crippen LogP contribution in [0.15, 0.2) is 6.07 Å². The van der Waals surface area contributed by atoms with E-state index in [0.717, 1.165) is 12.8 Å². The molecule has 2 aliphatic rings. The summed E-state index contributed by atoms with van der Waals surface area (Å²) in [6, 6.07) is 0.889. The van der Waals surface area contributed by atoms with E-state index >= 15 is 0 Å². The Kier molecular flexibility index (Phi) is 3.36. The Morgan fingerprint density at radius 2 is 1.70 bits per heavy atom. The molecule has 3 rings (SSSR count). The number of nitrogens with zero attached hydrogens (tertiary/aromatic N) is 1. The van der Waals surface area contributed by atoms with E-state index in [1.54, 1.807) is 0 Å². The third-order valence-electron chi connectivity index (χ3n) is 4.10. The van der Waals surface area contributed by atoms with Crippen molar-refractivity contribution in [3.05, 3.63) is 29.3 Å². The largest absolute Gasteiger partial charge is 0.376 e. The van der Waals surface area contributed by atoms with Gasteiger partial charge in [0.2, 0.25) is 0 Å². The van der Waals surface area contributed by atoms with Gasteiger partial charge in [0.05, 0.1) is 0 Å². The molecule has 1 heterocycles. The third-order valence-corrected chi connectivity index (χ3v) is 4.10. The van der Waals surface area contributed by atoms with Crippen molar-refractivity contribution in [3.63, 3.8) is 0 Å². The minimum Gasteiger partial charge on any atom is -0.376 e. The summed E-state index contributed by atoms with van der Waals surface area (Å²) in [5.41, 5.74) is -0.697. The van der Waals surface area contributed by atoms with Crippen molar-refractivity contribution in [2.75, 3.05) is 11.9 Å². The Labute approximate surface area is 114 Å². The zero-order valence-corrected chi connectivity index (χ0v) is 11.1. The lowest BCUT2D eigenvalue weighted by Crippen LogP contribution is -2.31. The van der Waals surface area contributed by atoms with Crippen LogP contribution in [0.3, 0.4) is 0 Å². The molecule has 2 unspecified atom stereocenters. The fraction of sp³-hybridized carbons (Fsp3) is 0.571. The number of nitrogens with one attached hydrogen (secondary N) is 1. The van der Waals surface area contributed by atoms with Gasteiger partial charge in [0.25, 0.3) is 0 Å². The van der Waals surface area contributed by atoms with Crippen LogP contribution in [0.25, 0.3) is 0 Å². The molecule has 2 atom stereocenters. The highest BCUT2D eigenvalue weighted by Gasteiger charge is 2.39. The van der Waals surface area contributed by atoms with Crippen molar-refractivity contribution in [1.82, 2.24) is 4.90 Å². The second-order valence-electron chi connectivity index (χ2n) is 5.70. The van der Waals surface area contributed by atoms with Gasteiger partial charge in [-0.15, -0.1) is 0 Å². The summed E-state index contributed by atoms with van der Waals surface area (Å²) < 4.78 is 53.5.